The van der Waals surface area contributed by atoms with E-state index >= 15 is 0 Å². The number of nitrogens with zero attached hydrogens (tertiary/aromatic N) is 4. The average molecular weight is 405 g/mol. The third kappa shape index (κ3) is 4.18. The fourth-order valence-corrected chi connectivity index (χ4v) is 3.79. The van der Waals surface area contributed by atoms with Crippen LogP contribution in [0, 0.1) is 0 Å². The van der Waals surface area contributed by atoms with Gasteiger partial charge in [0.2, 0.25) is 0 Å². The van der Waals surface area contributed by atoms with Crippen LogP contribution in [0.3, 0.4) is 0 Å². The molecule has 1 amide bonds. The lowest BCUT2D eigenvalue weighted by Gasteiger charge is -2.09. The number of nitrogens with one attached hydrogen (secondary N) is 1. The second-order valence-electron chi connectivity index (χ2n) is 6.27. The first-order valence-corrected chi connectivity index (χ1v) is 9.61. The number of thiazole rings is 1. The van der Waals surface area contributed by atoms with Gasteiger partial charge in [-0.05, 0) is 25.0 Å². The number of anilines is 1. The van der Waals surface area contributed by atoms with E-state index in [9.17, 15) is 4.79 Å². The highest BCUT2D eigenvalue weighted by Crippen LogP contribution is 2.25. The number of fused-ring (bicyclic) bond motifs is 1. The molecule has 27 heavy (non-hydrogen) atoms. The summed E-state index contributed by atoms with van der Waals surface area (Å²) in [6, 6.07) is 7.69. The minimum absolute atomic E-state index is 0. The number of rotatable bonds is 4. The van der Waals surface area contributed by atoms with Crippen molar-refractivity contribution in [2.75, 3.05) is 5.32 Å². The molecule has 2 aromatic heterocycles. The molecule has 1 aromatic carbocycles. The predicted octanol–water partition coefficient (Wildman–Crippen LogP) is 3.26. The molecule has 0 saturated carbocycles. The van der Waals surface area contributed by atoms with Crippen LogP contribution in [0.4, 0.5) is 5.69 Å². The second kappa shape index (κ2) is 8.60. The molecule has 0 bridgehead atoms. The summed E-state index contributed by atoms with van der Waals surface area (Å²) in [6.45, 7) is 1.28. The fraction of sp³-hybridized carbons (Fsp3) is 0.333. The van der Waals surface area contributed by atoms with Crippen LogP contribution in [0.25, 0.3) is 11.4 Å². The molecular formula is C18H21ClN6OS. The van der Waals surface area contributed by atoms with Crippen molar-refractivity contribution in [3.8, 4) is 11.4 Å². The Kier molecular flexibility index (Phi) is 6.20. The van der Waals surface area contributed by atoms with Gasteiger partial charge in [0.25, 0.3) is 5.91 Å². The highest BCUT2D eigenvalue weighted by Gasteiger charge is 2.17. The summed E-state index contributed by atoms with van der Waals surface area (Å²) in [6.07, 6.45) is 4.49. The molecule has 3 heterocycles. The molecule has 0 spiro atoms. The summed E-state index contributed by atoms with van der Waals surface area (Å²) >= 11 is 1.39. The number of hydrogen-bond donors (Lipinski definition) is 2. The molecule has 0 radical (unpaired) electrons. The predicted molar refractivity (Wildman–Crippen MR) is 108 cm³/mol. The monoisotopic (exact) mass is 404 g/mol. The summed E-state index contributed by atoms with van der Waals surface area (Å²) in [7, 11) is 0. The van der Waals surface area contributed by atoms with E-state index in [-0.39, 0.29) is 18.3 Å². The molecule has 0 unspecified atom stereocenters. The molecular weight excluding hydrogens is 384 g/mol. The SMILES string of the molecule is Cl.NCc1nc(C(=O)Nc2cccc(-c3nnc4n3CCCCC4)c2)cs1. The largest absolute Gasteiger partial charge is 0.325 e. The van der Waals surface area contributed by atoms with Gasteiger partial charge in [0, 0.05) is 36.1 Å². The Hall–Kier alpha value is -2.29. The smallest absolute Gasteiger partial charge is 0.275 e. The lowest BCUT2D eigenvalue weighted by molar-refractivity contribution is 0.102. The summed E-state index contributed by atoms with van der Waals surface area (Å²) in [5.74, 6) is 1.67. The Morgan fingerprint density at radius 2 is 2.15 bits per heavy atom. The number of hydrogen-bond acceptors (Lipinski definition) is 6. The van der Waals surface area contributed by atoms with Gasteiger partial charge < -0.3 is 15.6 Å². The number of halogens is 1. The van der Waals surface area contributed by atoms with Crippen molar-refractivity contribution in [2.24, 2.45) is 5.73 Å². The summed E-state index contributed by atoms with van der Waals surface area (Å²) < 4.78 is 2.20. The van der Waals surface area contributed by atoms with E-state index < -0.39 is 0 Å². The van der Waals surface area contributed by atoms with Crippen molar-refractivity contribution in [3.05, 3.63) is 46.2 Å². The first kappa shape index (κ1) is 19.5. The number of benzene rings is 1. The van der Waals surface area contributed by atoms with E-state index in [1.54, 1.807) is 5.38 Å². The van der Waals surface area contributed by atoms with Gasteiger partial charge in [0.05, 0.1) is 0 Å². The second-order valence-corrected chi connectivity index (χ2v) is 7.21. The Morgan fingerprint density at radius 3 is 2.96 bits per heavy atom. The van der Waals surface area contributed by atoms with Crippen LogP contribution in [0.2, 0.25) is 0 Å². The van der Waals surface area contributed by atoms with Crippen LogP contribution in [0.5, 0.6) is 0 Å². The Labute approximate surface area is 167 Å². The van der Waals surface area contributed by atoms with Crippen molar-refractivity contribution in [1.82, 2.24) is 19.7 Å². The van der Waals surface area contributed by atoms with Crippen molar-refractivity contribution < 1.29 is 4.79 Å². The van der Waals surface area contributed by atoms with Gasteiger partial charge in [-0.25, -0.2) is 4.98 Å². The van der Waals surface area contributed by atoms with E-state index in [0.717, 1.165) is 48.0 Å². The lowest BCUT2D eigenvalue weighted by Crippen LogP contribution is -2.13. The molecule has 0 atom stereocenters. The topological polar surface area (TPSA) is 98.7 Å². The summed E-state index contributed by atoms with van der Waals surface area (Å²) in [4.78, 5) is 16.6. The third-order valence-corrected chi connectivity index (χ3v) is 5.32. The zero-order chi connectivity index (χ0) is 17.9. The Bertz CT molecular complexity index is 938. The van der Waals surface area contributed by atoms with Crippen LogP contribution in [0.1, 0.15) is 40.6 Å². The van der Waals surface area contributed by atoms with E-state index in [1.807, 2.05) is 24.3 Å². The van der Waals surface area contributed by atoms with E-state index in [0.29, 0.717) is 17.9 Å². The third-order valence-electron chi connectivity index (χ3n) is 4.45. The average Bonchev–Trinajstić information content (AvgIpc) is 3.24. The van der Waals surface area contributed by atoms with Crippen LogP contribution in [-0.4, -0.2) is 25.7 Å². The van der Waals surface area contributed by atoms with Gasteiger partial charge in [-0.1, -0.05) is 18.6 Å². The lowest BCUT2D eigenvalue weighted by atomic mass is 10.2. The first-order valence-electron chi connectivity index (χ1n) is 8.73. The number of aromatic nitrogens is 4. The van der Waals surface area contributed by atoms with Gasteiger partial charge in [0.15, 0.2) is 5.82 Å². The number of aryl methyl sites for hydroxylation is 1. The highest BCUT2D eigenvalue weighted by atomic mass is 35.5. The molecule has 1 aliphatic rings. The zero-order valence-electron chi connectivity index (χ0n) is 14.7. The number of nitrogens with two attached hydrogens (primary N) is 1. The van der Waals surface area contributed by atoms with E-state index in [4.69, 9.17) is 5.73 Å². The fourth-order valence-electron chi connectivity index (χ4n) is 3.14. The molecule has 9 heteroatoms. The molecule has 142 valence electrons. The van der Waals surface area contributed by atoms with Crippen molar-refractivity contribution >= 4 is 35.3 Å². The maximum Gasteiger partial charge on any atom is 0.275 e. The van der Waals surface area contributed by atoms with Gasteiger partial charge in [-0.2, -0.15) is 0 Å². The van der Waals surface area contributed by atoms with E-state index in [1.165, 1.54) is 17.8 Å². The molecule has 3 aromatic rings. The van der Waals surface area contributed by atoms with Gasteiger partial charge in [0.1, 0.15) is 16.5 Å². The number of carbonyl (C=O) groups is 1. The molecule has 7 nitrogen and oxygen atoms in total. The molecule has 1 aliphatic heterocycles. The standard InChI is InChI=1S/C18H20N6OS.ClH/c19-10-16-21-14(11-26-16)18(25)20-13-6-4-5-12(9-13)17-23-22-15-7-2-1-3-8-24(15)17;/h4-6,9,11H,1-3,7-8,10,19H2,(H,20,25);1H. The van der Waals surface area contributed by atoms with Crippen LogP contribution >= 0.6 is 23.7 Å². The van der Waals surface area contributed by atoms with Crippen LogP contribution in [0.15, 0.2) is 29.6 Å². The molecule has 0 aliphatic carbocycles. The quantitative estimate of drug-likeness (QED) is 0.695. The van der Waals surface area contributed by atoms with Crippen molar-refractivity contribution in [3.63, 3.8) is 0 Å². The minimum Gasteiger partial charge on any atom is -0.325 e. The molecule has 3 N–H and O–H groups in total. The number of carbonyl (C=O) groups excluding carboxylic acids is 1. The van der Waals surface area contributed by atoms with Crippen LogP contribution < -0.4 is 11.1 Å². The summed E-state index contributed by atoms with van der Waals surface area (Å²) in [5.41, 5.74) is 7.60. The Balaban J connectivity index is 0.00000210. The maximum atomic E-state index is 12.4. The van der Waals surface area contributed by atoms with Crippen molar-refractivity contribution in [1.29, 1.82) is 0 Å². The van der Waals surface area contributed by atoms with Gasteiger partial charge >= 0.3 is 0 Å². The molecule has 0 saturated heterocycles. The van der Waals surface area contributed by atoms with Gasteiger partial charge in [-0.3, -0.25) is 4.79 Å². The maximum absolute atomic E-state index is 12.4. The molecule has 4 rings (SSSR count). The van der Waals surface area contributed by atoms with Crippen molar-refractivity contribution in [2.45, 2.75) is 38.8 Å². The molecule has 0 fully saturated rings. The van der Waals surface area contributed by atoms with Gasteiger partial charge in [-0.15, -0.1) is 33.9 Å². The summed E-state index contributed by atoms with van der Waals surface area (Å²) in [5, 5.41) is 14.1. The minimum atomic E-state index is -0.238. The first-order chi connectivity index (χ1) is 12.7. The Morgan fingerprint density at radius 1 is 1.26 bits per heavy atom. The van der Waals surface area contributed by atoms with Crippen LogP contribution in [-0.2, 0) is 19.5 Å². The normalized spacial score (nSPS) is 13.4. The number of amides is 1. The van der Waals surface area contributed by atoms with E-state index in [2.05, 4.69) is 25.1 Å². The highest BCUT2D eigenvalue weighted by molar-refractivity contribution is 7.09. The zero-order valence-corrected chi connectivity index (χ0v) is 16.4.